The topological polar surface area (TPSA) is 49.8 Å². The van der Waals surface area contributed by atoms with Gasteiger partial charge in [-0.1, -0.05) is 0 Å². The van der Waals surface area contributed by atoms with E-state index in [0.717, 1.165) is 18.8 Å². The van der Waals surface area contributed by atoms with Crippen LogP contribution in [0, 0.1) is 0 Å². The number of carbonyl (C=O) groups is 1. The maximum absolute atomic E-state index is 11.5. The van der Waals surface area contributed by atoms with Crippen molar-refractivity contribution in [3.8, 4) is 5.75 Å². The molecule has 0 aromatic heterocycles. The summed E-state index contributed by atoms with van der Waals surface area (Å²) in [6.45, 7) is 9.69. The van der Waals surface area contributed by atoms with E-state index in [0.29, 0.717) is 17.7 Å². The van der Waals surface area contributed by atoms with Gasteiger partial charge in [0.2, 0.25) is 0 Å². The molecule has 4 nitrogen and oxygen atoms in total. The molecule has 4 heteroatoms. The molecule has 0 atom stereocenters. The van der Waals surface area contributed by atoms with E-state index in [1.54, 1.807) is 26.0 Å². The standard InChI is InChI=1S/C16H23NO3/c1-5-17(6-2)14-9-8-13(15(18)11-14)10-12(4)16(19)20-7-3/h8-11,18H,5-7H2,1-4H3. The maximum atomic E-state index is 11.5. The summed E-state index contributed by atoms with van der Waals surface area (Å²) in [5.41, 5.74) is 2.06. The van der Waals surface area contributed by atoms with E-state index >= 15 is 0 Å². The minimum absolute atomic E-state index is 0.165. The highest BCUT2D eigenvalue weighted by Crippen LogP contribution is 2.26. The van der Waals surface area contributed by atoms with Crippen molar-refractivity contribution < 1.29 is 14.6 Å². The number of ether oxygens (including phenoxy) is 1. The molecule has 0 unspecified atom stereocenters. The van der Waals surface area contributed by atoms with Gasteiger partial charge in [-0.25, -0.2) is 4.79 Å². The highest BCUT2D eigenvalue weighted by atomic mass is 16.5. The van der Waals surface area contributed by atoms with Crippen LogP contribution in [0.3, 0.4) is 0 Å². The Morgan fingerprint density at radius 2 is 1.95 bits per heavy atom. The van der Waals surface area contributed by atoms with Crippen LogP contribution in [0.4, 0.5) is 5.69 Å². The summed E-state index contributed by atoms with van der Waals surface area (Å²) in [6.07, 6.45) is 1.64. The number of anilines is 1. The first-order valence-electron chi connectivity index (χ1n) is 6.96. The fourth-order valence-electron chi connectivity index (χ4n) is 1.98. The second kappa shape index (κ2) is 7.58. The van der Waals surface area contributed by atoms with Crippen molar-refractivity contribution in [2.24, 2.45) is 0 Å². The molecule has 20 heavy (non-hydrogen) atoms. The Bertz CT molecular complexity index is 490. The molecule has 0 radical (unpaired) electrons. The minimum Gasteiger partial charge on any atom is -0.507 e. The molecule has 1 aromatic rings. The second-order valence-corrected chi connectivity index (χ2v) is 4.46. The zero-order valence-electron chi connectivity index (χ0n) is 12.6. The van der Waals surface area contributed by atoms with Crippen molar-refractivity contribution in [2.45, 2.75) is 27.7 Å². The summed E-state index contributed by atoms with van der Waals surface area (Å²) in [5.74, 6) is -0.197. The molecule has 0 spiro atoms. The van der Waals surface area contributed by atoms with Crippen LogP contribution < -0.4 is 4.90 Å². The van der Waals surface area contributed by atoms with Crippen LogP contribution in [0.5, 0.6) is 5.75 Å². The molecule has 0 bridgehead atoms. The van der Waals surface area contributed by atoms with Gasteiger partial charge in [0.1, 0.15) is 5.75 Å². The molecule has 0 saturated heterocycles. The summed E-state index contributed by atoms with van der Waals surface area (Å²) in [4.78, 5) is 13.7. The van der Waals surface area contributed by atoms with Crippen LogP contribution in [0.15, 0.2) is 23.8 Å². The number of carbonyl (C=O) groups excluding carboxylic acids is 1. The van der Waals surface area contributed by atoms with Gasteiger partial charge in [0.25, 0.3) is 0 Å². The SMILES string of the molecule is CCOC(=O)C(C)=Cc1ccc(N(CC)CC)cc1O. The number of phenols is 1. The maximum Gasteiger partial charge on any atom is 0.333 e. The lowest BCUT2D eigenvalue weighted by Crippen LogP contribution is -2.21. The lowest BCUT2D eigenvalue weighted by Gasteiger charge is -2.21. The van der Waals surface area contributed by atoms with Gasteiger partial charge in [-0.2, -0.15) is 0 Å². The predicted molar refractivity (Wildman–Crippen MR) is 82.0 cm³/mol. The van der Waals surface area contributed by atoms with Gasteiger partial charge in [-0.3, -0.25) is 0 Å². The Hall–Kier alpha value is -1.97. The van der Waals surface area contributed by atoms with Crippen molar-refractivity contribution in [3.05, 3.63) is 29.3 Å². The molecular weight excluding hydrogens is 254 g/mol. The Labute approximate surface area is 120 Å². The van der Waals surface area contributed by atoms with Crippen molar-refractivity contribution >= 4 is 17.7 Å². The quantitative estimate of drug-likeness (QED) is 0.641. The molecule has 110 valence electrons. The van der Waals surface area contributed by atoms with E-state index in [1.165, 1.54) is 0 Å². The van der Waals surface area contributed by atoms with E-state index in [-0.39, 0.29) is 11.7 Å². The van der Waals surface area contributed by atoms with Crippen molar-refractivity contribution in [1.29, 1.82) is 0 Å². The third-order valence-electron chi connectivity index (χ3n) is 3.11. The third kappa shape index (κ3) is 4.02. The molecule has 0 fully saturated rings. The van der Waals surface area contributed by atoms with E-state index in [9.17, 15) is 9.90 Å². The van der Waals surface area contributed by atoms with Crippen LogP contribution in [0.25, 0.3) is 6.08 Å². The molecule has 1 N–H and O–H groups in total. The Morgan fingerprint density at radius 3 is 2.45 bits per heavy atom. The number of nitrogens with zero attached hydrogens (tertiary/aromatic N) is 1. The summed E-state index contributed by atoms with van der Waals surface area (Å²) >= 11 is 0. The molecule has 0 aliphatic heterocycles. The fraction of sp³-hybridized carbons (Fsp3) is 0.438. The van der Waals surface area contributed by atoms with Gasteiger partial charge >= 0.3 is 5.97 Å². The van der Waals surface area contributed by atoms with Crippen LogP contribution in [0.2, 0.25) is 0 Å². The Morgan fingerprint density at radius 1 is 1.30 bits per heavy atom. The number of hydrogen-bond acceptors (Lipinski definition) is 4. The van der Waals surface area contributed by atoms with E-state index < -0.39 is 0 Å². The highest BCUT2D eigenvalue weighted by molar-refractivity contribution is 5.93. The normalized spacial score (nSPS) is 11.3. The molecule has 1 rings (SSSR count). The number of esters is 1. The third-order valence-corrected chi connectivity index (χ3v) is 3.11. The van der Waals surface area contributed by atoms with E-state index in [2.05, 4.69) is 18.7 Å². The van der Waals surface area contributed by atoms with Gasteiger partial charge < -0.3 is 14.7 Å². The Kier molecular flexibility index (Phi) is 6.10. The van der Waals surface area contributed by atoms with Crippen molar-refractivity contribution in [2.75, 3.05) is 24.6 Å². The van der Waals surface area contributed by atoms with Crippen LogP contribution >= 0.6 is 0 Å². The van der Waals surface area contributed by atoms with E-state index in [1.807, 2.05) is 12.1 Å². The summed E-state index contributed by atoms with van der Waals surface area (Å²) in [6, 6.07) is 5.47. The predicted octanol–water partition coefficient (Wildman–Crippen LogP) is 3.20. The summed E-state index contributed by atoms with van der Waals surface area (Å²) in [5, 5.41) is 10.1. The van der Waals surface area contributed by atoms with Gasteiger partial charge in [0.05, 0.1) is 6.61 Å². The van der Waals surface area contributed by atoms with Gasteiger partial charge in [-0.05, 0) is 45.9 Å². The molecule has 0 aliphatic rings. The first-order valence-corrected chi connectivity index (χ1v) is 6.96. The zero-order chi connectivity index (χ0) is 15.1. The molecule has 1 aromatic carbocycles. The molecule has 0 saturated carbocycles. The van der Waals surface area contributed by atoms with E-state index in [4.69, 9.17) is 4.74 Å². The first kappa shape index (κ1) is 16.1. The Balaban J connectivity index is 2.99. The fourth-order valence-corrected chi connectivity index (χ4v) is 1.98. The van der Waals surface area contributed by atoms with Crippen molar-refractivity contribution in [1.82, 2.24) is 0 Å². The smallest absolute Gasteiger partial charge is 0.333 e. The first-order chi connectivity index (χ1) is 9.53. The average Bonchev–Trinajstić information content (AvgIpc) is 2.43. The van der Waals surface area contributed by atoms with Gasteiger partial charge in [0.15, 0.2) is 0 Å². The lowest BCUT2D eigenvalue weighted by molar-refractivity contribution is -0.138. The highest BCUT2D eigenvalue weighted by Gasteiger charge is 2.08. The number of phenolic OH excluding ortho intramolecular Hbond substituents is 1. The van der Waals surface area contributed by atoms with Crippen LogP contribution in [-0.4, -0.2) is 30.8 Å². The van der Waals surface area contributed by atoms with Gasteiger partial charge in [0, 0.05) is 36.0 Å². The summed E-state index contributed by atoms with van der Waals surface area (Å²) in [7, 11) is 0. The average molecular weight is 277 g/mol. The lowest BCUT2D eigenvalue weighted by atomic mass is 10.1. The largest absolute Gasteiger partial charge is 0.507 e. The number of hydrogen-bond donors (Lipinski definition) is 1. The number of benzene rings is 1. The minimum atomic E-state index is -0.361. The monoisotopic (exact) mass is 277 g/mol. The summed E-state index contributed by atoms with van der Waals surface area (Å²) < 4.78 is 4.92. The molecular formula is C16H23NO3. The number of rotatable bonds is 6. The molecule has 0 heterocycles. The van der Waals surface area contributed by atoms with Crippen molar-refractivity contribution in [3.63, 3.8) is 0 Å². The van der Waals surface area contributed by atoms with Crippen LogP contribution in [-0.2, 0) is 9.53 Å². The van der Waals surface area contributed by atoms with Crippen LogP contribution in [0.1, 0.15) is 33.3 Å². The van der Waals surface area contributed by atoms with Gasteiger partial charge in [-0.15, -0.1) is 0 Å². The zero-order valence-corrected chi connectivity index (χ0v) is 12.6. The molecule has 0 amide bonds. The molecule has 0 aliphatic carbocycles. The number of aromatic hydroxyl groups is 1. The second-order valence-electron chi connectivity index (χ2n) is 4.46.